The molecule has 4 aliphatic heterocycles. The van der Waals surface area contributed by atoms with E-state index in [0.29, 0.717) is 70.9 Å². The molecule has 318 valence electrons. The molecule has 3 aromatic rings. The van der Waals surface area contributed by atoms with E-state index in [9.17, 15) is 9.59 Å². The fraction of sp³-hybridized carbons (Fsp3) is 0.435. The SMILES string of the molecule is C/C=C1\C[C@H]2C=Nc3cc(OCc4cc(COc5cc6c(cc5OC)C(=O)N5C/C(=C/C)C[C@H]5C=N6)cc(OCCN(C)CC(C)(C)SSC)c4)c(OC)cc3C(=O)N2C1. The van der Waals surface area contributed by atoms with Gasteiger partial charge in [0.25, 0.3) is 11.8 Å². The minimum absolute atomic E-state index is 0.0752. The predicted molar refractivity (Wildman–Crippen MR) is 242 cm³/mol. The fourth-order valence-electron chi connectivity index (χ4n) is 8.13. The Morgan fingerprint density at radius 2 is 1.25 bits per heavy atom. The summed E-state index contributed by atoms with van der Waals surface area (Å²) in [5.74, 6) is 2.37. The number of carbonyl (C=O) groups is 2. The summed E-state index contributed by atoms with van der Waals surface area (Å²) in [6.07, 6.45) is 11.5. The molecule has 0 saturated carbocycles. The van der Waals surface area contributed by atoms with Gasteiger partial charge in [0.1, 0.15) is 25.6 Å². The van der Waals surface area contributed by atoms with Crippen LogP contribution in [0.5, 0.6) is 28.7 Å². The lowest BCUT2D eigenvalue weighted by atomic mass is 10.1. The topological polar surface area (TPSA) is 115 Å². The molecule has 4 aliphatic rings. The van der Waals surface area contributed by atoms with Crippen LogP contribution < -0.4 is 23.7 Å². The maximum atomic E-state index is 13.7. The average molecular weight is 854 g/mol. The first-order valence-corrected chi connectivity index (χ1v) is 22.8. The van der Waals surface area contributed by atoms with Crippen LogP contribution in [0.1, 0.15) is 72.4 Å². The molecular formula is C46H55N5O7S2. The number of carbonyl (C=O) groups excluding carboxylic acids is 2. The van der Waals surface area contributed by atoms with Gasteiger partial charge in [0, 0.05) is 55.5 Å². The van der Waals surface area contributed by atoms with E-state index in [-0.39, 0.29) is 41.9 Å². The van der Waals surface area contributed by atoms with Crippen LogP contribution in [0.25, 0.3) is 0 Å². The van der Waals surface area contributed by atoms with E-state index in [1.807, 2.05) is 65.1 Å². The minimum atomic E-state index is -0.0826. The number of benzene rings is 3. The van der Waals surface area contributed by atoms with Crippen molar-refractivity contribution in [1.82, 2.24) is 14.7 Å². The van der Waals surface area contributed by atoms with Gasteiger partial charge in [-0.05, 0) is 95.3 Å². The molecule has 2 fully saturated rings. The number of likely N-dealkylation sites (N-methyl/N-ethyl adjacent to an activating group) is 1. The van der Waals surface area contributed by atoms with Crippen molar-refractivity contribution in [3.63, 3.8) is 0 Å². The lowest BCUT2D eigenvalue weighted by Gasteiger charge is -2.28. The van der Waals surface area contributed by atoms with Crippen molar-refractivity contribution in [2.24, 2.45) is 9.98 Å². The van der Waals surface area contributed by atoms with Gasteiger partial charge in [-0.15, -0.1) is 0 Å². The Kier molecular flexibility index (Phi) is 13.5. The number of nitrogens with zero attached hydrogens (tertiary/aromatic N) is 5. The Morgan fingerprint density at radius 1 is 0.750 bits per heavy atom. The Balaban J connectivity index is 1.12. The summed E-state index contributed by atoms with van der Waals surface area (Å²) in [6, 6.07) is 12.8. The van der Waals surface area contributed by atoms with E-state index in [2.05, 4.69) is 44.2 Å². The molecule has 0 radical (unpaired) electrons. The molecular weight excluding hydrogens is 799 g/mol. The number of allylic oxidation sites excluding steroid dienone is 2. The highest BCUT2D eigenvalue weighted by molar-refractivity contribution is 8.77. The molecule has 0 aromatic heterocycles. The third kappa shape index (κ3) is 9.66. The van der Waals surface area contributed by atoms with Crippen molar-refractivity contribution < 1.29 is 33.3 Å². The van der Waals surface area contributed by atoms with E-state index >= 15 is 0 Å². The van der Waals surface area contributed by atoms with Gasteiger partial charge in [-0.25, -0.2) is 0 Å². The molecule has 0 bridgehead atoms. The van der Waals surface area contributed by atoms with Crippen molar-refractivity contribution in [3.8, 4) is 28.7 Å². The molecule has 0 unspecified atom stereocenters. The molecule has 2 saturated heterocycles. The lowest BCUT2D eigenvalue weighted by Crippen LogP contribution is -2.35. The second-order valence-electron chi connectivity index (χ2n) is 16.1. The number of hydrogen-bond acceptors (Lipinski definition) is 12. The first-order valence-electron chi connectivity index (χ1n) is 20.3. The van der Waals surface area contributed by atoms with Gasteiger partial charge in [-0.2, -0.15) is 0 Å². The zero-order valence-corrected chi connectivity index (χ0v) is 37.4. The van der Waals surface area contributed by atoms with E-state index in [4.69, 9.17) is 33.7 Å². The Bertz CT molecular complexity index is 2100. The normalized spacial score (nSPS) is 19.6. The summed E-state index contributed by atoms with van der Waals surface area (Å²) in [7, 11) is 8.89. The van der Waals surface area contributed by atoms with Crippen molar-refractivity contribution >= 4 is 57.2 Å². The lowest BCUT2D eigenvalue weighted by molar-refractivity contribution is 0.0769. The van der Waals surface area contributed by atoms with E-state index in [0.717, 1.165) is 37.1 Å². The number of hydrogen-bond donors (Lipinski definition) is 0. The molecule has 2 amide bonds. The Morgan fingerprint density at radius 3 is 1.70 bits per heavy atom. The molecule has 0 spiro atoms. The first kappa shape index (κ1) is 43.2. The third-order valence-electron chi connectivity index (χ3n) is 11.1. The molecule has 7 rings (SSSR count). The average Bonchev–Trinajstić information content (AvgIpc) is 3.80. The Hall–Kier alpha value is -4.92. The van der Waals surface area contributed by atoms with Crippen LogP contribution in [0.15, 0.2) is 75.7 Å². The maximum absolute atomic E-state index is 13.7. The van der Waals surface area contributed by atoms with Crippen LogP contribution >= 0.6 is 21.6 Å². The molecule has 0 aliphatic carbocycles. The van der Waals surface area contributed by atoms with Gasteiger partial charge in [0.05, 0.1) is 48.8 Å². The van der Waals surface area contributed by atoms with Crippen molar-refractivity contribution in [2.45, 2.75) is 70.6 Å². The second-order valence-corrected chi connectivity index (χ2v) is 19.2. The largest absolute Gasteiger partial charge is 0.493 e. The van der Waals surface area contributed by atoms with Gasteiger partial charge in [0.2, 0.25) is 0 Å². The number of rotatable bonds is 16. The number of fused-ring (bicyclic) bond motifs is 4. The molecule has 14 heteroatoms. The number of aliphatic imine (C=N–C) groups is 2. The van der Waals surface area contributed by atoms with Crippen LogP contribution in [0.3, 0.4) is 0 Å². The summed E-state index contributed by atoms with van der Waals surface area (Å²) in [4.78, 5) is 42.8. The van der Waals surface area contributed by atoms with Crippen LogP contribution in [0, 0.1) is 0 Å². The second kappa shape index (κ2) is 18.8. The molecule has 3 aromatic carbocycles. The molecule has 4 heterocycles. The molecule has 0 N–H and O–H groups in total. The van der Waals surface area contributed by atoms with Crippen molar-refractivity contribution in [2.75, 3.05) is 60.3 Å². The first-order chi connectivity index (χ1) is 28.9. The molecule has 2 atom stereocenters. The highest BCUT2D eigenvalue weighted by Gasteiger charge is 2.36. The number of methoxy groups -OCH3 is 2. The molecule has 12 nitrogen and oxygen atoms in total. The van der Waals surface area contributed by atoms with Gasteiger partial charge in [0.15, 0.2) is 23.0 Å². The van der Waals surface area contributed by atoms with Crippen LogP contribution in [-0.4, -0.2) is 116 Å². The van der Waals surface area contributed by atoms with Gasteiger partial charge in [-0.1, -0.05) is 44.9 Å². The fourth-order valence-corrected chi connectivity index (χ4v) is 10.4. The van der Waals surface area contributed by atoms with Gasteiger partial charge >= 0.3 is 0 Å². The van der Waals surface area contributed by atoms with Gasteiger partial charge in [-0.3, -0.25) is 19.6 Å². The van der Waals surface area contributed by atoms with E-state index in [1.54, 1.807) is 49.3 Å². The van der Waals surface area contributed by atoms with E-state index in [1.165, 1.54) is 11.1 Å². The highest BCUT2D eigenvalue weighted by atomic mass is 33.1. The zero-order chi connectivity index (χ0) is 42.6. The third-order valence-corrected chi connectivity index (χ3v) is 13.7. The smallest absolute Gasteiger partial charge is 0.257 e. The summed E-state index contributed by atoms with van der Waals surface area (Å²) < 4.78 is 30.8. The monoisotopic (exact) mass is 853 g/mol. The standard InChI is InChI=1S/C46H55N5O7S2/c1-9-29-14-33-22-47-38-20-42(40(54-6)18-36(38)44(52)50(33)24-29)57-26-31-13-32(17-35(16-31)56-12-11-49(5)28-46(3,4)60-59-8)27-58-43-21-39-37(19-41(43)55-7)45(53)51-25-30(10-2)15-34(51)23-48-39/h9-10,13,16-23,33-34H,11-12,14-15,24-28H2,1-8H3/b29-9+,30-10+/t33-,34-/m0/s1. The maximum Gasteiger partial charge on any atom is 0.257 e. The summed E-state index contributed by atoms with van der Waals surface area (Å²) in [6.45, 7) is 12.2. The molecule has 60 heavy (non-hydrogen) atoms. The number of amides is 2. The van der Waals surface area contributed by atoms with Crippen molar-refractivity contribution in [1.29, 1.82) is 0 Å². The minimum Gasteiger partial charge on any atom is -0.493 e. The zero-order valence-electron chi connectivity index (χ0n) is 35.8. The summed E-state index contributed by atoms with van der Waals surface area (Å²) in [5.41, 5.74) is 6.19. The summed E-state index contributed by atoms with van der Waals surface area (Å²) in [5, 5.41) is 0. The van der Waals surface area contributed by atoms with Crippen LogP contribution in [0.2, 0.25) is 0 Å². The van der Waals surface area contributed by atoms with Crippen molar-refractivity contribution in [3.05, 3.63) is 88.0 Å². The Labute approximate surface area is 361 Å². The highest BCUT2D eigenvalue weighted by Crippen LogP contribution is 2.41. The van der Waals surface area contributed by atoms with Crippen LogP contribution in [0.4, 0.5) is 11.4 Å². The van der Waals surface area contributed by atoms with E-state index < -0.39 is 0 Å². The predicted octanol–water partition coefficient (Wildman–Crippen LogP) is 8.72. The summed E-state index contributed by atoms with van der Waals surface area (Å²) >= 11 is 0. The van der Waals surface area contributed by atoms with Gasteiger partial charge < -0.3 is 38.4 Å². The number of ether oxygens (including phenoxy) is 5. The van der Waals surface area contributed by atoms with Crippen LogP contribution in [-0.2, 0) is 13.2 Å². The quantitative estimate of drug-likeness (QED) is 0.102.